The second-order valence-corrected chi connectivity index (χ2v) is 4.84. The number of nitrogens with one attached hydrogen (secondary N) is 1. The summed E-state index contributed by atoms with van der Waals surface area (Å²) in [5.74, 6) is 6.67. The Morgan fingerprint density at radius 1 is 1.56 bits per heavy atom. The van der Waals surface area contributed by atoms with E-state index in [0.29, 0.717) is 12.5 Å². The van der Waals surface area contributed by atoms with Crippen molar-refractivity contribution in [2.45, 2.75) is 20.3 Å². The highest BCUT2D eigenvalue weighted by Gasteiger charge is 2.39. The van der Waals surface area contributed by atoms with Crippen molar-refractivity contribution in [3.05, 3.63) is 29.3 Å². The molecule has 1 amide bonds. The van der Waals surface area contributed by atoms with Gasteiger partial charge in [-0.05, 0) is 37.0 Å². The Morgan fingerprint density at radius 2 is 2.28 bits per heavy atom. The van der Waals surface area contributed by atoms with Crippen molar-refractivity contribution in [1.82, 2.24) is 0 Å². The number of hydrogen-bond acceptors (Lipinski definition) is 2. The Labute approximate surface area is 108 Å². The highest BCUT2D eigenvalue weighted by atomic mass is 16.2. The monoisotopic (exact) mass is 242 g/mol. The Hall–Kier alpha value is -1.79. The van der Waals surface area contributed by atoms with E-state index in [1.807, 2.05) is 25.1 Å². The highest BCUT2D eigenvalue weighted by molar-refractivity contribution is 5.94. The van der Waals surface area contributed by atoms with Gasteiger partial charge in [-0.3, -0.25) is 4.79 Å². The molecule has 1 aromatic carbocycles. The molecule has 1 aliphatic carbocycles. The molecule has 2 rings (SSSR count). The molecule has 18 heavy (non-hydrogen) atoms. The molecule has 0 bridgehead atoms. The van der Waals surface area contributed by atoms with Crippen molar-refractivity contribution < 1.29 is 4.79 Å². The summed E-state index contributed by atoms with van der Waals surface area (Å²) in [6.45, 7) is 4.43. The van der Waals surface area contributed by atoms with Crippen LogP contribution in [0.1, 0.15) is 24.5 Å². The fourth-order valence-corrected chi connectivity index (χ4v) is 1.90. The van der Waals surface area contributed by atoms with Crippen LogP contribution in [-0.4, -0.2) is 12.5 Å². The van der Waals surface area contributed by atoms with Crippen LogP contribution in [0.25, 0.3) is 0 Å². The number of carbonyl (C=O) groups is 1. The molecule has 0 radical (unpaired) electrons. The van der Waals surface area contributed by atoms with Crippen LogP contribution < -0.4 is 11.1 Å². The maximum Gasteiger partial charge on any atom is 0.227 e. The summed E-state index contributed by atoms with van der Waals surface area (Å²) in [4.78, 5) is 11.8. The second kappa shape index (κ2) is 5.24. The Morgan fingerprint density at radius 3 is 2.89 bits per heavy atom. The summed E-state index contributed by atoms with van der Waals surface area (Å²) in [5.41, 5.74) is 8.19. The van der Waals surface area contributed by atoms with Crippen LogP contribution >= 0.6 is 0 Å². The summed E-state index contributed by atoms with van der Waals surface area (Å²) < 4.78 is 0. The molecular formula is C15H18N2O. The summed E-state index contributed by atoms with van der Waals surface area (Å²) in [5, 5.41) is 2.94. The third kappa shape index (κ3) is 2.91. The molecular weight excluding hydrogens is 224 g/mol. The van der Waals surface area contributed by atoms with Crippen LogP contribution in [0.4, 0.5) is 5.69 Å². The quantitative estimate of drug-likeness (QED) is 0.778. The fourth-order valence-electron chi connectivity index (χ4n) is 1.90. The molecule has 94 valence electrons. The third-order valence-electron chi connectivity index (χ3n) is 3.28. The van der Waals surface area contributed by atoms with Crippen LogP contribution in [0.5, 0.6) is 0 Å². The lowest BCUT2D eigenvalue weighted by Gasteiger charge is -2.06. The van der Waals surface area contributed by atoms with Crippen molar-refractivity contribution in [2.24, 2.45) is 17.6 Å². The van der Waals surface area contributed by atoms with E-state index < -0.39 is 0 Å². The molecule has 2 unspecified atom stereocenters. The molecule has 3 N–H and O–H groups in total. The lowest BCUT2D eigenvalue weighted by Crippen LogP contribution is -2.14. The molecule has 0 spiro atoms. The Balaban J connectivity index is 2.11. The van der Waals surface area contributed by atoms with Crippen LogP contribution in [-0.2, 0) is 4.79 Å². The zero-order valence-corrected chi connectivity index (χ0v) is 10.8. The van der Waals surface area contributed by atoms with E-state index in [4.69, 9.17) is 5.73 Å². The molecule has 0 aliphatic heterocycles. The topological polar surface area (TPSA) is 55.1 Å². The van der Waals surface area contributed by atoms with Gasteiger partial charge in [0.25, 0.3) is 0 Å². The smallest absolute Gasteiger partial charge is 0.227 e. The SMILES string of the molecule is Cc1ccc(NC(=O)C2CC2C)cc1C#CCN. The molecule has 1 aromatic rings. The number of benzene rings is 1. The van der Waals surface area contributed by atoms with Crippen molar-refractivity contribution in [1.29, 1.82) is 0 Å². The standard InChI is InChI=1S/C15H18N2O/c1-10-5-6-13(9-12(10)4-3-7-16)17-15(18)14-8-11(14)2/h5-6,9,11,14H,7-8,16H2,1-2H3,(H,17,18). The zero-order chi connectivity index (χ0) is 13.1. The van der Waals surface area contributed by atoms with Gasteiger partial charge in [0.2, 0.25) is 5.91 Å². The number of aryl methyl sites for hydroxylation is 1. The van der Waals surface area contributed by atoms with E-state index >= 15 is 0 Å². The minimum Gasteiger partial charge on any atom is -0.326 e. The van der Waals surface area contributed by atoms with Crippen LogP contribution in [0.15, 0.2) is 18.2 Å². The molecule has 1 saturated carbocycles. The van der Waals surface area contributed by atoms with Gasteiger partial charge in [0.05, 0.1) is 6.54 Å². The van der Waals surface area contributed by atoms with Gasteiger partial charge in [-0.15, -0.1) is 0 Å². The van der Waals surface area contributed by atoms with Crippen LogP contribution in [0.2, 0.25) is 0 Å². The van der Waals surface area contributed by atoms with E-state index in [1.54, 1.807) is 0 Å². The summed E-state index contributed by atoms with van der Waals surface area (Å²) >= 11 is 0. The van der Waals surface area contributed by atoms with Crippen LogP contribution in [0, 0.1) is 30.6 Å². The third-order valence-corrected chi connectivity index (χ3v) is 3.28. The minimum atomic E-state index is 0.115. The van der Waals surface area contributed by atoms with Gasteiger partial charge in [0, 0.05) is 17.2 Å². The molecule has 3 heteroatoms. The van der Waals surface area contributed by atoms with Gasteiger partial charge >= 0.3 is 0 Å². The molecule has 1 aliphatic rings. The normalized spacial score (nSPS) is 20.8. The van der Waals surface area contributed by atoms with E-state index in [2.05, 4.69) is 24.1 Å². The van der Waals surface area contributed by atoms with Crippen LogP contribution in [0.3, 0.4) is 0 Å². The predicted octanol–water partition coefficient (Wildman–Crippen LogP) is 1.90. The Kier molecular flexibility index (Phi) is 3.69. The van der Waals surface area contributed by atoms with Crippen molar-refractivity contribution in [2.75, 3.05) is 11.9 Å². The first kappa shape index (κ1) is 12.7. The van der Waals surface area contributed by atoms with E-state index in [-0.39, 0.29) is 11.8 Å². The maximum atomic E-state index is 11.8. The largest absolute Gasteiger partial charge is 0.326 e. The molecule has 2 atom stereocenters. The number of nitrogens with two attached hydrogens (primary N) is 1. The van der Waals surface area contributed by atoms with Gasteiger partial charge in [0.1, 0.15) is 0 Å². The number of hydrogen-bond donors (Lipinski definition) is 2. The van der Waals surface area contributed by atoms with Gasteiger partial charge < -0.3 is 11.1 Å². The zero-order valence-electron chi connectivity index (χ0n) is 10.8. The van der Waals surface area contributed by atoms with Crippen molar-refractivity contribution in [3.8, 4) is 11.8 Å². The molecule has 3 nitrogen and oxygen atoms in total. The average molecular weight is 242 g/mol. The number of amides is 1. The average Bonchev–Trinajstić information content (AvgIpc) is 3.07. The number of carbonyl (C=O) groups excluding carboxylic acids is 1. The lowest BCUT2D eigenvalue weighted by atomic mass is 10.1. The first-order chi connectivity index (χ1) is 8.61. The molecule has 1 fully saturated rings. The van der Waals surface area contributed by atoms with Gasteiger partial charge in [-0.1, -0.05) is 24.8 Å². The van der Waals surface area contributed by atoms with E-state index in [9.17, 15) is 4.79 Å². The van der Waals surface area contributed by atoms with Crippen molar-refractivity contribution >= 4 is 11.6 Å². The maximum absolute atomic E-state index is 11.8. The fraction of sp³-hybridized carbons (Fsp3) is 0.400. The highest BCUT2D eigenvalue weighted by Crippen LogP contribution is 2.38. The summed E-state index contributed by atoms with van der Waals surface area (Å²) in [6.07, 6.45) is 0.998. The summed E-state index contributed by atoms with van der Waals surface area (Å²) in [6, 6.07) is 5.78. The Bertz CT molecular complexity index is 525. The minimum absolute atomic E-state index is 0.115. The lowest BCUT2D eigenvalue weighted by molar-refractivity contribution is -0.117. The number of anilines is 1. The van der Waals surface area contributed by atoms with Gasteiger partial charge in [-0.2, -0.15) is 0 Å². The second-order valence-electron chi connectivity index (χ2n) is 4.84. The first-order valence-corrected chi connectivity index (χ1v) is 6.22. The predicted molar refractivity (Wildman–Crippen MR) is 73.0 cm³/mol. The van der Waals surface area contributed by atoms with Gasteiger partial charge in [0.15, 0.2) is 0 Å². The summed E-state index contributed by atoms with van der Waals surface area (Å²) in [7, 11) is 0. The molecule has 0 aromatic heterocycles. The number of rotatable bonds is 2. The van der Waals surface area contributed by atoms with Crippen molar-refractivity contribution in [3.63, 3.8) is 0 Å². The van der Waals surface area contributed by atoms with E-state index in [1.165, 1.54) is 0 Å². The van der Waals surface area contributed by atoms with Gasteiger partial charge in [-0.25, -0.2) is 0 Å². The molecule has 0 saturated heterocycles. The van der Waals surface area contributed by atoms with E-state index in [0.717, 1.165) is 23.2 Å². The molecule has 0 heterocycles. The first-order valence-electron chi connectivity index (χ1n) is 6.22.